The quantitative estimate of drug-likeness (QED) is 0.820. The van der Waals surface area contributed by atoms with E-state index in [9.17, 15) is 9.90 Å². The minimum atomic E-state index is -1.98. The van der Waals surface area contributed by atoms with E-state index >= 15 is 0 Å². The van der Waals surface area contributed by atoms with E-state index in [0.29, 0.717) is 23.7 Å². The molecule has 0 bridgehead atoms. The zero-order valence-corrected chi connectivity index (χ0v) is 13.3. The van der Waals surface area contributed by atoms with Crippen molar-refractivity contribution in [1.29, 1.82) is 0 Å². The molecule has 2 aromatic rings. The summed E-state index contributed by atoms with van der Waals surface area (Å²) in [6.45, 7) is 2.58. The second kappa shape index (κ2) is 7.15. The van der Waals surface area contributed by atoms with E-state index in [1.807, 2.05) is 6.92 Å². The molecule has 0 saturated carbocycles. The van der Waals surface area contributed by atoms with Crippen LogP contribution in [0.3, 0.4) is 0 Å². The minimum absolute atomic E-state index is 0.280. The summed E-state index contributed by atoms with van der Waals surface area (Å²) < 4.78 is 10.9. The van der Waals surface area contributed by atoms with Crippen molar-refractivity contribution in [3.63, 3.8) is 0 Å². The first-order chi connectivity index (χ1) is 11.0. The van der Waals surface area contributed by atoms with Gasteiger partial charge < -0.3 is 20.3 Å². The Labute approximate surface area is 135 Å². The third-order valence-corrected chi connectivity index (χ3v) is 3.58. The lowest BCUT2D eigenvalue weighted by Gasteiger charge is -2.27. The summed E-state index contributed by atoms with van der Waals surface area (Å²) in [4.78, 5) is 12.0. The third kappa shape index (κ3) is 3.29. The van der Waals surface area contributed by atoms with E-state index in [4.69, 9.17) is 15.2 Å². The number of aliphatic hydroxyl groups is 1. The van der Waals surface area contributed by atoms with E-state index in [-0.39, 0.29) is 5.56 Å². The number of carbonyl (C=O) groups is 1. The lowest BCUT2D eigenvalue weighted by molar-refractivity contribution is -0.133. The molecule has 0 aliphatic heterocycles. The van der Waals surface area contributed by atoms with E-state index in [2.05, 4.69) is 0 Å². The lowest BCUT2D eigenvalue weighted by atomic mass is 9.85. The largest absolute Gasteiger partial charge is 0.496 e. The van der Waals surface area contributed by atoms with Gasteiger partial charge in [-0.25, -0.2) is 0 Å². The van der Waals surface area contributed by atoms with Gasteiger partial charge >= 0.3 is 0 Å². The van der Waals surface area contributed by atoms with Crippen LogP contribution in [-0.4, -0.2) is 24.7 Å². The molecule has 122 valence electrons. The Hall–Kier alpha value is -2.53. The molecule has 3 N–H and O–H groups in total. The van der Waals surface area contributed by atoms with E-state index < -0.39 is 11.5 Å². The molecule has 0 aliphatic rings. The number of ether oxygens (including phenoxy) is 2. The standard InChI is InChI=1S/C18H21NO4/c1-3-11-23-14-9-10-15(16(12-14)22-2)18(21,17(19)20)13-7-5-4-6-8-13/h4-10,12,21H,3,11H2,1-2H3,(H2,19,20). The third-order valence-electron chi connectivity index (χ3n) is 3.58. The average Bonchev–Trinajstić information content (AvgIpc) is 2.59. The van der Waals surface area contributed by atoms with Gasteiger partial charge in [0.2, 0.25) is 0 Å². The zero-order chi connectivity index (χ0) is 16.9. The van der Waals surface area contributed by atoms with Crippen LogP contribution < -0.4 is 15.2 Å². The molecule has 0 aliphatic carbocycles. The Balaban J connectivity index is 2.54. The number of hydrogen-bond donors (Lipinski definition) is 2. The van der Waals surface area contributed by atoms with Gasteiger partial charge in [-0.15, -0.1) is 0 Å². The van der Waals surface area contributed by atoms with Crippen LogP contribution in [0.25, 0.3) is 0 Å². The van der Waals surface area contributed by atoms with Gasteiger partial charge in [-0.1, -0.05) is 37.3 Å². The summed E-state index contributed by atoms with van der Waals surface area (Å²) in [5.41, 5.74) is 4.19. The van der Waals surface area contributed by atoms with Crippen molar-refractivity contribution in [1.82, 2.24) is 0 Å². The van der Waals surface area contributed by atoms with Crippen LogP contribution in [0.4, 0.5) is 0 Å². The zero-order valence-electron chi connectivity index (χ0n) is 13.3. The van der Waals surface area contributed by atoms with Gasteiger partial charge in [0.25, 0.3) is 5.91 Å². The highest BCUT2D eigenvalue weighted by molar-refractivity contribution is 5.89. The highest BCUT2D eigenvalue weighted by Crippen LogP contribution is 2.37. The van der Waals surface area contributed by atoms with Crippen molar-refractivity contribution < 1.29 is 19.4 Å². The van der Waals surface area contributed by atoms with Crippen molar-refractivity contribution in [2.24, 2.45) is 5.73 Å². The highest BCUT2D eigenvalue weighted by Gasteiger charge is 2.40. The molecule has 0 spiro atoms. The Kier molecular flexibility index (Phi) is 5.24. The first-order valence-corrected chi connectivity index (χ1v) is 7.43. The summed E-state index contributed by atoms with van der Waals surface area (Å²) in [6.07, 6.45) is 0.874. The van der Waals surface area contributed by atoms with Crippen LogP contribution in [0, 0.1) is 0 Å². The Morgan fingerprint density at radius 3 is 2.48 bits per heavy atom. The number of nitrogens with two attached hydrogens (primary N) is 1. The number of methoxy groups -OCH3 is 1. The summed E-state index contributed by atoms with van der Waals surface area (Å²) in [5, 5.41) is 11.0. The molecule has 2 rings (SSSR count). The number of rotatable bonds is 7. The molecule has 0 fully saturated rings. The monoisotopic (exact) mass is 315 g/mol. The normalized spacial score (nSPS) is 13.2. The molecule has 2 aromatic carbocycles. The van der Waals surface area contributed by atoms with Crippen molar-refractivity contribution in [3.05, 3.63) is 59.7 Å². The van der Waals surface area contributed by atoms with Gasteiger partial charge in [0.05, 0.1) is 13.7 Å². The fourth-order valence-corrected chi connectivity index (χ4v) is 2.39. The molecule has 0 radical (unpaired) electrons. The van der Waals surface area contributed by atoms with Gasteiger partial charge in [0.1, 0.15) is 11.5 Å². The predicted octanol–water partition coefficient (Wildman–Crippen LogP) is 2.21. The molecule has 0 aromatic heterocycles. The van der Waals surface area contributed by atoms with E-state index in [1.54, 1.807) is 48.5 Å². The van der Waals surface area contributed by atoms with Crippen LogP contribution in [0.5, 0.6) is 11.5 Å². The molecule has 1 atom stereocenters. The molecule has 5 heteroatoms. The topological polar surface area (TPSA) is 81.8 Å². The smallest absolute Gasteiger partial charge is 0.258 e. The maximum absolute atomic E-state index is 12.0. The van der Waals surface area contributed by atoms with Crippen LogP contribution in [0.15, 0.2) is 48.5 Å². The van der Waals surface area contributed by atoms with Gasteiger partial charge in [-0.05, 0) is 24.1 Å². The summed E-state index contributed by atoms with van der Waals surface area (Å²) in [6, 6.07) is 13.5. The fourth-order valence-electron chi connectivity index (χ4n) is 2.39. The summed E-state index contributed by atoms with van der Waals surface area (Å²) in [5.74, 6) is 0.0697. The fraction of sp³-hybridized carbons (Fsp3) is 0.278. The van der Waals surface area contributed by atoms with Crippen molar-refractivity contribution in [2.75, 3.05) is 13.7 Å². The molecule has 0 heterocycles. The van der Waals surface area contributed by atoms with Crippen LogP contribution in [-0.2, 0) is 10.4 Å². The Morgan fingerprint density at radius 2 is 1.91 bits per heavy atom. The van der Waals surface area contributed by atoms with Crippen molar-refractivity contribution in [2.45, 2.75) is 18.9 Å². The van der Waals surface area contributed by atoms with Gasteiger partial charge in [0.15, 0.2) is 5.60 Å². The van der Waals surface area contributed by atoms with E-state index in [0.717, 1.165) is 6.42 Å². The molecular formula is C18H21NO4. The van der Waals surface area contributed by atoms with Gasteiger partial charge in [-0.2, -0.15) is 0 Å². The molecule has 0 saturated heterocycles. The maximum atomic E-state index is 12.0. The number of benzene rings is 2. The summed E-state index contributed by atoms with van der Waals surface area (Å²) in [7, 11) is 1.47. The molecule has 5 nitrogen and oxygen atoms in total. The highest BCUT2D eigenvalue weighted by atomic mass is 16.5. The Bertz CT molecular complexity index is 672. The minimum Gasteiger partial charge on any atom is -0.496 e. The first kappa shape index (κ1) is 16.8. The number of primary amides is 1. The average molecular weight is 315 g/mol. The summed E-state index contributed by atoms with van der Waals surface area (Å²) >= 11 is 0. The number of hydrogen-bond acceptors (Lipinski definition) is 4. The molecule has 1 amide bonds. The second-order valence-corrected chi connectivity index (χ2v) is 5.15. The lowest BCUT2D eigenvalue weighted by Crippen LogP contribution is -2.42. The van der Waals surface area contributed by atoms with Crippen molar-refractivity contribution in [3.8, 4) is 11.5 Å². The Morgan fingerprint density at radius 1 is 1.22 bits per heavy atom. The first-order valence-electron chi connectivity index (χ1n) is 7.43. The molecule has 23 heavy (non-hydrogen) atoms. The predicted molar refractivity (Wildman–Crippen MR) is 87.4 cm³/mol. The number of amides is 1. The van der Waals surface area contributed by atoms with Gasteiger partial charge in [0, 0.05) is 11.6 Å². The molecule has 1 unspecified atom stereocenters. The van der Waals surface area contributed by atoms with Crippen LogP contribution >= 0.6 is 0 Å². The van der Waals surface area contributed by atoms with Crippen LogP contribution in [0.1, 0.15) is 24.5 Å². The van der Waals surface area contributed by atoms with E-state index in [1.165, 1.54) is 7.11 Å². The second-order valence-electron chi connectivity index (χ2n) is 5.15. The SMILES string of the molecule is CCCOc1ccc(C(O)(C(N)=O)c2ccccc2)c(OC)c1. The van der Waals surface area contributed by atoms with Crippen LogP contribution in [0.2, 0.25) is 0 Å². The molecular weight excluding hydrogens is 294 g/mol. The van der Waals surface area contributed by atoms with Gasteiger partial charge in [-0.3, -0.25) is 4.79 Å². The van der Waals surface area contributed by atoms with Crippen molar-refractivity contribution >= 4 is 5.91 Å². The number of carbonyl (C=O) groups excluding carboxylic acids is 1. The maximum Gasteiger partial charge on any atom is 0.258 e.